The number of fused-ring (bicyclic) bond motifs is 1. The van der Waals surface area contributed by atoms with Crippen LogP contribution in [-0.2, 0) is 4.79 Å². The summed E-state index contributed by atoms with van der Waals surface area (Å²) in [5, 5.41) is 3.22. The summed E-state index contributed by atoms with van der Waals surface area (Å²) >= 11 is 0. The smallest absolute Gasteiger partial charge is 0.261 e. The zero-order chi connectivity index (χ0) is 22.2. The molecule has 0 saturated heterocycles. The molecule has 2 aliphatic rings. The van der Waals surface area contributed by atoms with Crippen LogP contribution in [0.4, 0.5) is 0 Å². The molecule has 0 bridgehead atoms. The molecule has 1 aromatic rings. The van der Waals surface area contributed by atoms with Crippen LogP contribution in [0, 0.1) is 11.8 Å². The van der Waals surface area contributed by atoms with Crippen LogP contribution >= 0.6 is 0 Å². The van der Waals surface area contributed by atoms with Crippen molar-refractivity contribution in [3.63, 3.8) is 0 Å². The molecule has 1 aliphatic carbocycles. The fourth-order valence-electron chi connectivity index (χ4n) is 5.18. The van der Waals surface area contributed by atoms with E-state index in [0.717, 1.165) is 31.6 Å². The van der Waals surface area contributed by atoms with Gasteiger partial charge in [-0.05, 0) is 56.6 Å². The van der Waals surface area contributed by atoms with Gasteiger partial charge >= 0.3 is 0 Å². The summed E-state index contributed by atoms with van der Waals surface area (Å²) in [5.41, 5.74) is 1.02. The predicted molar refractivity (Wildman–Crippen MR) is 123 cm³/mol. The highest BCUT2D eigenvalue weighted by Crippen LogP contribution is 2.33. The Balaban J connectivity index is 1.26. The third-order valence-corrected chi connectivity index (χ3v) is 7.10. The van der Waals surface area contributed by atoms with Gasteiger partial charge in [-0.3, -0.25) is 19.3 Å². The van der Waals surface area contributed by atoms with Gasteiger partial charge < -0.3 is 5.32 Å². The fourth-order valence-corrected chi connectivity index (χ4v) is 5.18. The van der Waals surface area contributed by atoms with Gasteiger partial charge in [-0.2, -0.15) is 0 Å². The molecule has 1 atom stereocenters. The molecule has 0 spiro atoms. The van der Waals surface area contributed by atoms with Crippen molar-refractivity contribution in [3.8, 4) is 0 Å². The van der Waals surface area contributed by atoms with Crippen molar-refractivity contribution >= 4 is 17.7 Å². The van der Waals surface area contributed by atoms with E-state index in [4.69, 9.17) is 0 Å². The average molecular weight is 427 g/mol. The molecular weight excluding hydrogens is 388 g/mol. The van der Waals surface area contributed by atoms with Gasteiger partial charge in [0.1, 0.15) is 0 Å². The Labute approximate surface area is 187 Å². The van der Waals surface area contributed by atoms with Crippen LogP contribution in [0.3, 0.4) is 0 Å². The van der Waals surface area contributed by atoms with E-state index in [-0.39, 0.29) is 23.8 Å². The number of rotatable bonds is 11. The lowest BCUT2D eigenvalue weighted by atomic mass is 9.77. The number of nitrogens with zero attached hydrogens (tertiary/aromatic N) is 1. The van der Waals surface area contributed by atoms with Gasteiger partial charge in [-0.25, -0.2) is 0 Å². The normalized spacial score (nSPS) is 21.8. The van der Waals surface area contributed by atoms with Gasteiger partial charge in [0.15, 0.2) is 0 Å². The van der Waals surface area contributed by atoms with E-state index >= 15 is 0 Å². The standard InChI is InChI=1S/C26H38N2O3/c1-3-10-20-14-16-21(17-15-20)19(2)27-24(29)13-6-4-5-9-18-28-25(30)22-11-7-8-12-23(22)26(28)31/h7-8,11-12,19-21H,3-6,9-10,13-18H2,1-2H3,(H,27,29). The van der Waals surface area contributed by atoms with Crippen molar-refractivity contribution in [2.24, 2.45) is 11.8 Å². The summed E-state index contributed by atoms with van der Waals surface area (Å²) < 4.78 is 0. The Morgan fingerprint density at radius 1 is 1.00 bits per heavy atom. The molecule has 3 amide bonds. The van der Waals surface area contributed by atoms with Crippen LogP contribution in [0.1, 0.15) is 105 Å². The molecule has 170 valence electrons. The Hall–Kier alpha value is -2.17. The van der Waals surface area contributed by atoms with Crippen molar-refractivity contribution in [1.82, 2.24) is 10.2 Å². The van der Waals surface area contributed by atoms with Crippen molar-refractivity contribution < 1.29 is 14.4 Å². The highest BCUT2D eigenvalue weighted by atomic mass is 16.2. The first-order valence-corrected chi connectivity index (χ1v) is 12.3. The number of benzene rings is 1. The maximum absolute atomic E-state index is 12.4. The first-order chi connectivity index (χ1) is 15.0. The van der Waals surface area contributed by atoms with Crippen molar-refractivity contribution in [2.45, 2.75) is 90.5 Å². The number of carbonyl (C=O) groups excluding carboxylic acids is 3. The average Bonchev–Trinajstić information content (AvgIpc) is 3.01. The highest BCUT2D eigenvalue weighted by Gasteiger charge is 2.34. The monoisotopic (exact) mass is 426 g/mol. The summed E-state index contributed by atoms with van der Waals surface area (Å²) in [7, 11) is 0. The molecule has 1 saturated carbocycles. The summed E-state index contributed by atoms with van der Waals surface area (Å²) in [5.74, 6) is 1.31. The van der Waals surface area contributed by atoms with Crippen LogP contribution < -0.4 is 5.32 Å². The number of unbranched alkanes of at least 4 members (excludes halogenated alkanes) is 3. The van der Waals surface area contributed by atoms with Crippen LogP contribution in [-0.4, -0.2) is 35.2 Å². The first kappa shape index (κ1) is 23.5. The largest absolute Gasteiger partial charge is 0.353 e. The van der Waals surface area contributed by atoms with Crippen LogP contribution in [0.25, 0.3) is 0 Å². The number of hydrogen-bond donors (Lipinski definition) is 1. The van der Waals surface area contributed by atoms with Crippen LogP contribution in [0.2, 0.25) is 0 Å². The second kappa shape index (κ2) is 11.4. The molecule has 31 heavy (non-hydrogen) atoms. The van der Waals surface area contributed by atoms with Gasteiger partial charge in [-0.1, -0.05) is 57.6 Å². The number of amides is 3. The Kier molecular flexibility index (Phi) is 8.68. The quantitative estimate of drug-likeness (QED) is 0.383. The van der Waals surface area contributed by atoms with E-state index < -0.39 is 0 Å². The maximum Gasteiger partial charge on any atom is 0.261 e. The fraction of sp³-hybridized carbons (Fsp3) is 0.654. The lowest BCUT2D eigenvalue weighted by molar-refractivity contribution is -0.122. The lowest BCUT2D eigenvalue weighted by Crippen LogP contribution is -2.39. The summed E-state index contributed by atoms with van der Waals surface area (Å²) in [6.45, 7) is 4.88. The van der Waals surface area contributed by atoms with Gasteiger partial charge in [0, 0.05) is 19.0 Å². The molecule has 0 aromatic heterocycles. The Morgan fingerprint density at radius 3 is 2.23 bits per heavy atom. The van der Waals surface area contributed by atoms with Crippen LogP contribution in [0.15, 0.2) is 24.3 Å². The number of imide groups is 1. The minimum atomic E-state index is -0.183. The zero-order valence-corrected chi connectivity index (χ0v) is 19.2. The van der Waals surface area contributed by atoms with Crippen molar-refractivity contribution in [3.05, 3.63) is 35.4 Å². The van der Waals surface area contributed by atoms with Gasteiger partial charge in [0.2, 0.25) is 5.91 Å². The third-order valence-electron chi connectivity index (χ3n) is 7.10. The summed E-state index contributed by atoms with van der Waals surface area (Å²) in [6.07, 6.45) is 11.8. The Bertz CT molecular complexity index is 733. The third kappa shape index (κ3) is 6.18. The molecule has 1 N–H and O–H groups in total. The number of nitrogens with one attached hydrogen (secondary N) is 1. The SMILES string of the molecule is CCCC1CCC(C(C)NC(=O)CCCCCCN2C(=O)c3ccccc3C2=O)CC1. The lowest BCUT2D eigenvalue weighted by Gasteiger charge is -2.32. The number of hydrogen-bond acceptors (Lipinski definition) is 3. The minimum Gasteiger partial charge on any atom is -0.353 e. The zero-order valence-electron chi connectivity index (χ0n) is 19.2. The first-order valence-electron chi connectivity index (χ1n) is 12.3. The van der Waals surface area contributed by atoms with Crippen LogP contribution in [0.5, 0.6) is 0 Å². The maximum atomic E-state index is 12.4. The molecule has 3 rings (SSSR count). The van der Waals surface area contributed by atoms with E-state index in [1.807, 2.05) is 0 Å². The van der Waals surface area contributed by atoms with Gasteiger partial charge in [0.25, 0.3) is 11.8 Å². The number of carbonyl (C=O) groups is 3. The second-order valence-electron chi connectivity index (χ2n) is 9.40. The molecule has 5 nitrogen and oxygen atoms in total. The topological polar surface area (TPSA) is 66.5 Å². The molecule has 1 unspecified atom stereocenters. The second-order valence-corrected chi connectivity index (χ2v) is 9.40. The molecule has 5 heteroatoms. The van der Waals surface area contributed by atoms with Crippen molar-refractivity contribution in [1.29, 1.82) is 0 Å². The van der Waals surface area contributed by atoms with Gasteiger partial charge in [-0.15, -0.1) is 0 Å². The van der Waals surface area contributed by atoms with E-state index in [2.05, 4.69) is 19.2 Å². The Morgan fingerprint density at radius 2 is 1.61 bits per heavy atom. The molecule has 1 fully saturated rings. The van der Waals surface area contributed by atoms with E-state index in [1.54, 1.807) is 24.3 Å². The molecule has 0 radical (unpaired) electrons. The molecule has 1 heterocycles. The van der Waals surface area contributed by atoms with E-state index in [9.17, 15) is 14.4 Å². The minimum absolute atomic E-state index is 0.156. The summed E-state index contributed by atoms with van der Waals surface area (Å²) in [6, 6.07) is 7.27. The predicted octanol–water partition coefficient (Wildman–Crippen LogP) is 5.34. The van der Waals surface area contributed by atoms with Gasteiger partial charge in [0.05, 0.1) is 11.1 Å². The van der Waals surface area contributed by atoms with Crippen molar-refractivity contribution in [2.75, 3.05) is 6.54 Å². The molecule has 1 aromatic carbocycles. The van der Waals surface area contributed by atoms with E-state index in [0.29, 0.717) is 30.0 Å². The molecular formula is C26H38N2O3. The molecule has 1 aliphatic heterocycles. The highest BCUT2D eigenvalue weighted by molar-refractivity contribution is 6.21. The van der Waals surface area contributed by atoms with E-state index in [1.165, 1.54) is 43.4 Å². The summed E-state index contributed by atoms with van der Waals surface area (Å²) in [4.78, 5) is 38.4.